The molecule has 0 atom stereocenters. The van der Waals surface area contributed by atoms with Crippen LogP contribution in [0.5, 0.6) is 0 Å². The Labute approximate surface area is 255 Å². The number of fused-ring (bicyclic) bond motifs is 8. The maximum Gasteiger partial charge on any atom is 0.241 e. The van der Waals surface area contributed by atoms with Crippen molar-refractivity contribution in [3.05, 3.63) is 79.9 Å². The molecule has 2 amide bonds. The van der Waals surface area contributed by atoms with E-state index >= 15 is 0 Å². The first-order chi connectivity index (χ1) is 20.0. The van der Waals surface area contributed by atoms with E-state index < -0.39 is 10.8 Å². The average molecular weight is 697 g/mol. The van der Waals surface area contributed by atoms with Gasteiger partial charge in [0.25, 0.3) is 0 Å². The number of hydrogen-bond acceptors (Lipinski definition) is 6. The standard InChI is InChI=1S/C15H10BrFN4O.C14H11BrFN3O/c1-18-21-6-15(7-21)13-8-3-9(16)10(17)4-11(8)19-5-12(13)20(2)14(15)22;1-19-11-4-18-10-3-9(16)8(15)2-7(10)12(11)14(13(19)20)5-17-6-14/h3-5H,6-7H2,2H3;2-4,17H,5-6H2,1H3. The second-order valence-electron chi connectivity index (χ2n) is 11.0. The highest BCUT2D eigenvalue weighted by Crippen LogP contribution is 2.50. The van der Waals surface area contributed by atoms with Crippen LogP contribution in [0.1, 0.15) is 11.1 Å². The fourth-order valence-corrected chi connectivity index (χ4v) is 7.27. The monoisotopic (exact) mass is 695 g/mol. The number of carbonyl (C=O) groups is 2. The van der Waals surface area contributed by atoms with Gasteiger partial charge in [-0.15, -0.1) is 5.01 Å². The Morgan fingerprint density at radius 3 is 1.71 bits per heavy atom. The van der Waals surface area contributed by atoms with Crippen LogP contribution in [0.15, 0.2) is 45.6 Å². The predicted molar refractivity (Wildman–Crippen MR) is 160 cm³/mol. The molecule has 4 aliphatic heterocycles. The van der Waals surface area contributed by atoms with Gasteiger partial charge in [-0.3, -0.25) is 19.6 Å². The molecule has 0 radical (unpaired) electrons. The van der Waals surface area contributed by atoms with Gasteiger partial charge in [-0.1, -0.05) is 0 Å². The van der Waals surface area contributed by atoms with Crippen molar-refractivity contribution in [3.8, 4) is 0 Å². The van der Waals surface area contributed by atoms with Crippen molar-refractivity contribution in [1.29, 1.82) is 0 Å². The van der Waals surface area contributed by atoms with Gasteiger partial charge in [-0.2, -0.15) is 11.5 Å². The first-order valence-electron chi connectivity index (χ1n) is 13.0. The van der Waals surface area contributed by atoms with Gasteiger partial charge in [-0.05, 0) is 44.0 Å². The molecular formula is C29H21Br2F2N7O2. The Morgan fingerprint density at radius 1 is 0.833 bits per heavy atom. The SMILES string of the molecule is CN1C(=O)C2(CNC2)c2c1cnc1cc(F)c(Br)cc21.[C-]#[N+]N1CC2(C1)C(=O)N(C)c1cnc3cc(F)c(Br)cc3c12. The van der Waals surface area contributed by atoms with Crippen molar-refractivity contribution in [2.24, 2.45) is 0 Å². The summed E-state index contributed by atoms with van der Waals surface area (Å²) in [6.07, 6.45) is 3.27. The molecule has 8 rings (SSSR count). The minimum atomic E-state index is -0.715. The lowest BCUT2D eigenvalue weighted by molar-refractivity contribution is -0.127. The summed E-state index contributed by atoms with van der Waals surface area (Å²) in [6.45, 7) is 9.06. The lowest BCUT2D eigenvalue weighted by atomic mass is 9.74. The summed E-state index contributed by atoms with van der Waals surface area (Å²) in [5.74, 6) is -0.676. The number of halogens is 4. The van der Waals surface area contributed by atoms with E-state index in [4.69, 9.17) is 6.57 Å². The summed E-state index contributed by atoms with van der Waals surface area (Å²) < 4.78 is 28.1. The molecule has 0 saturated carbocycles. The molecule has 212 valence electrons. The van der Waals surface area contributed by atoms with E-state index in [9.17, 15) is 18.4 Å². The third-order valence-electron chi connectivity index (χ3n) is 8.79. The van der Waals surface area contributed by atoms with Crippen LogP contribution in [0, 0.1) is 18.2 Å². The quantitative estimate of drug-likeness (QED) is 0.274. The number of pyridine rings is 2. The lowest BCUT2D eigenvalue weighted by Crippen LogP contribution is -2.61. The molecule has 13 heteroatoms. The summed E-state index contributed by atoms with van der Waals surface area (Å²) in [6, 6.07) is 6.16. The summed E-state index contributed by atoms with van der Waals surface area (Å²) in [5.41, 5.74) is 3.25. The number of aromatic nitrogens is 2. The van der Waals surface area contributed by atoms with Crippen LogP contribution in [-0.4, -0.2) is 67.1 Å². The van der Waals surface area contributed by atoms with Gasteiger partial charge in [0.2, 0.25) is 11.8 Å². The van der Waals surface area contributed by atoms with Gasteiger partial charge in [-0.25, -0.2) is 8.78 Å². The average Bonchev–Trinajstić information content (AvgIpc) is 3.30. The first kappa shape index (κ1) is 27.1. The van der Waals surface area contributed by atoms with E-state index in [1.807, 2.05) is 0 Å². The van der Waals surface area contributed by atoms with E-state index in [-0.39, 0.29) is 23.4 Å². The molecule has 2 aromatic heterocycles. The number of likely N-dealkylation sites (N-methyl/N-ethyl adjacent to an activating group) is 2. The summed E-state index contributed by atoms with van der Waals surface area (Å²) >= 11 is 6.41. The van der Waals surface area contributed by atoms with Gasteiger partial charge < -0.3 is 15.1 Å². The molecule has 2 saturated heterocycles. The van der Waals surface area contributed by atoms with Crippen LogP contribution in [0.4, 0.5) is 20.2 Å². The van der Waals surface area contributed by atoms with Crippen LogP contribution in [0.3, 0.4) is 0 Å². The Balaban J connectivity index is 0.000000138. The van der Waals surface area contributed by atoms with Gasteiger partial charge in [0.15, 0.2) is 0 Å². The third-order valence-corrected chi connectivity index (χ3v) is 10.0. The van der Waals surface area contributed by atoms with Gasteiger partial charge in [0.05, 0.1) is 43.7 Å². The maximum absolute atomic E-state index is 13.7. The van der Waals surface area contributed by atoms with Crippen molar-refractivity contribution in [3.63, 3.8) is 0 Å². The Morgan fingerprint density at radius 2 is 1.29 bits per heavy atom. The van der Waals surface area contributed by atoms with Crippen molar-refractivity contribution in [2.75, 3.05) is 50.1 Å². The van der Waals surface area contributed by atoms with Crippen LogP contribution < -0.4 is 15.1 Å². The van der Waals surface area contributed by atoms with E-state index in [0.29, 0.717) is 46.2 Å². The predicted octanol–water partition coefficient (Wildman–Crippen LogP) is 4.45. The zero-order chi connectivity index (χ0) is 29.7. The van der Waals surface area contributed by atoms with Crippen molar-refractivity contribution >= 4 is 76.9 Å². The summed E-state index contributed by atoms with van der Waals surface area (Å²) in [4.78, 5) is 40.4. The molecule has 0 unspecified atom stereocenters. The Kier molecular flexibility index (Phi) is 5.90. The maximum atomic E-state index is 13.7. The van der Waals surface area contributed by atoms with E-state index in [2.05, 4.69) is 52.1 Å². The smallest absolute Gasteiger partial charge is 0.241 e. The van der Waals surface area contributed by atoms with Crippen molar-refractivity contribution < 1.29 is 18.4 Å². The summed E-state index contributed by atoms with van der Waals surface area (Å²) in [5, 5.41) is 6.31. The number of nitrogens with one attached hydrogen (secondary N) is 1. The fourth-order valence-electron chi connectivity index (χ4n) is 6.59. The molecule has 0 aliphatic carbocycles. The Hall–Kier alpha value is -3.73. The normalized spacial score (nSPS) is 19.0. The highest BCUT2D eigenvalue weighted by molar-refractivity contribution is 9.10. The largest absolute Gasteiger partial charge is 0.314 e. The number of nitrogens with zero attached hydrogens (tertiary/aromatic N) is 6. The van der Waals surface area contributed by atoms with Crippen molar-refractivity contribution in [2.45, 2.75) is 10.8 Å². The minimum absolute atomic E-state index is 0.0304. The number of hydrogen-bond donors (Lipinski definition) is 1. The molecule has 2 aromatic carbocycles. The second-order valence-corrected chi connectivity index (χ2v) is 12.7. The molecule has 4 aliphatic rings. The molecule has 1 N–H and O–H groups in total. The van der Waals surface area contributed by atoms with Crippen molar-refractivity contribution in [1.82, 2.24) is 20.3 Å². The molecule has 42 heavy (non-hydrogen) atoms. The first-order valence-corrected chi connectivity index (χ1v) is 14.6. The van der Waals surface area contributed by atoms with E-state index in [1.54, 1.807) is 48.4 Å². The van der Waals surface area contributed by atoms with Crippen LogP contribution >= 0.6 is 31.9 Å². The molecule has 4 aromatic rings. The van der Waals surface area contributed by atoms with Gasteiger partial charge in [0.1, 0.15) is 35.6 Å². The molecule has 6 heterocycles. The fraction of sp³-hybridized carbons (Fsp3) is 0.276. The number of rotatable bonds is 0. The number of carbonyl (C=O) groups excluding carboxylic acids is 2. The third kappa shape index (κ3) is 3.46. The highest BCUT2D eigenvalue weighted by atomic mass is 79.9. The van der Waals surface area contributed by atoms with Gasteiger partial charge in [0, 0.05) is 61.2 Å². The molecular weight excluding hydrogens is 676 g/mol. The highest BCUT2D eigenvalue weighted by Gasteiger charge is 2.61. The van der Waals surface area contributed by atoms with Crippen LogP contribution in [0.25, 0.3) is 26.8 Å². The zero-order valence-corrected chi connectivity index (χ0v) is 25.5. The number of amides is 2. The summed E-state index contributed by atoms with van der Waals surface area (Å²) in [7, 11) is 3.48. The number of benzene rings is 2. The molecule has 2 spiro atoms. The molecule has 9 nitrogen and oxygen atoms in total. The number of anilines is 2. The van der Waals surface area contributed by atoms with Gasteiger partial charge >= 0.3 is 0 Å². The Bertz CT molecular complexity index is 1940. The lowest BCUT2D eigenvalue weighted by Gasteiger charge is -2.39. The minimum Gasteiger partial charge on any atom is -0.314 e. The molecule has 0 bridgehead atoms. The second kappa shape index (κ2) is 9.13. The molecule has 2 fully saturated rings. The zero-order valence-electron chi connectivity index (χ0n) is 22.3. The van der Waals surface area contributed by atoms with E-state index in [0.717, 1.165) is 33.3 Å². The topological polar surface area (TPSA) is 86.0 Å². The van der Waals surface area contributed by atoms with E-state index in [1.165, 1.54) is 17.1 Å². The van der Waals surface area contributed by atoms with Crippen LogP contribution in [0.2, 0.25) is 0 Å². The van der Waals surface area contributed by atoms with Crippen LogP contribution in [-0.2, 0) is 20.4 Å².